The molecule has 0 saturated carbocycles. The predicted octanol–water partition coefficient (Wildman–Crippen LogP) is 4.07. The van der Waals surface area contributed by atoms with Crippen LogP contribution in [0.15, 0.2) is 30.3 Å². The molecule has 2 aromatic heterocycles. The highest BCUT2D eigenvalue weighted by Crippen LogP contribution is 2.29. The topological polar surface area (TPSA) is 50.8 Å². The standard InChI is InChI=1S/C17H19N3O/c1-10(2)15-8-12-7-11(3)13(9-16(12)18-15)14-5-6-17(21-4)20-19-14/h5-10,18H,1-4H3. The number of hydrogen-bond donors (Lipinski definition) is 1. The summed E-state index contributed by atoms with van der Waals surface area (Å²) in [5, 5.41) is 9.52. The molecule has 0 aliphatic heterocycles. The normalized spacial score (nSPS) is 11.3. The molecule has 0 amide bonds. The largest absolute Gasteiger partial charge is 0.480 e. The lowest BCUT2D eigenvalue weighted by Gasteiger charge is -2.06. The van der Waals surface area contributed by atoms with Gasteiger partial charge in [0.05, 0.1) is 12.8 Å². The van der Waals surface area contributed by atoms with Gasteiger partial charge in [0.2, 0.25) is 5.88 Å². The van der Waals surface area contributed by atoms with E-state index in [0.717, 1.165) is 16.8 Å². The van der Waals surface area contributed by atoms with Crippen molar-refractivity contribution in [2.75, 3.05) is 7.11 Å². The number of aryl methyl sites for hydroxylation is 1. The molecule has 0 aliphatic carbocycles. The van der Waals surface area contributed by atoms with Gasteiger partial charge in [-0.15, -0.1) is 10.2 Å². The lowest BCUT2D eigenvalue weighted by Crippen LogP contribution is -1.93. The van der Waals surface area contributed by atoms with E-state index < -0.39 is 0 Å². The number of H-pyrrole nitrogens is 1. The number of aromatic amines is 1. The number of benzene rings is 1. The van der Waals surface area contributed by atoms with Gasteiger partial charge in [-0.05, 0) is 48.1 Å². The Bertz CT molecular complexity index is 773. The summed E-state index contributed by atoms with van der Waals surface area (Å²) in [5.74, 6) is 1.02. The molecule has 0 atom stereocenters. The molecule has 0 unspecified atom stereocenters. The van der Waals surface area contributed by atoms with E-state index in [2.05, 4.69) is 54.2 Å². The van der Waals surface area contributed by atoms with Gasteiger partial charge < -0.3 is 9.72 Å². The summed E-state index contributed by atoms with van der Waals surface area (Å²) in [6, 6.07) is 10.3. The highest BCUT2D eigenvalue weighted by molar-refractivity contribution is 5.87. The van der Waals surface area contributed by atoms with Crippen molar-refractivity contribution in [1.82, 2.24) is 15.2 Å². The van der Waals surface area contributed by atoms with Gasteiger partial charge in [-0.1, -0.05) is 13.8 Å². The van der Waals surface area contributed by atoms with E-state index in [1.54, 1.807) is 7.11 Å². The van der Waals surface area contributed by atoms with Crippen LogP contribution in [0.25, 0.3) is 22.2 Å². The van der Waals surface area contributed by atoms with Crippen LogP contribution in [-0.2, 0) is 0 Å². The van der Waals surface area contributed by atoms with Gasteiger partial charge in [0, 0.05) is 22.8 Å². The van der Waals surface area contributed by atoms with Crippen LogP contribution >= 0.6 is 0 Å². The first kappa shape index (κ1) is 13.6. The number of methoxy groups -OCH3 is 1. The van der Waals surface area contributed by atoms with Crippen LogP contribution in [0.2, 0.25) is 0 Å². The lowest BCUT2D eigenvalue weighted by molar-refractivity contribution is 0.392. The Labute approximate surface area is 124 Å². The molecule has 2 heterocycles. The average Bonchev–Trinajstić information content (AvgIpc) is 2.89. The van der Waals surface area contributed by atoms with Crippen LogP contribution in [0, 0.1) is 6.92 Å². The van der Waals surface area contributed by atoms with E-state index in [1.807, 2.05) is 12.1 Å². The minimum absolute atomic E-state index is 0.488. The van der Waals surface area contributed by atoms with Crippen molar-refractivity contribution in [2.24, 2.45) is 0 Å². The third kappa shape index (κ3) is 2.49. The van der Waals surface area contributed by atoms with Gasteiger partial charge in [-0.25, -0.2) is 0 Å². The number of aromatic nitrogens is 3. The monoisotopic (exact) mass is 281 g/mol. The Morgan fingerprint density at radius 2 is 1.90 bits per heavy atom. The quantitative estimate of drug-likeness (QED) is 0.787. The number of fused-ring (bicyclic) bond motifs is 1. The van der Waals surface area contributed by atoms with Crippen molar-refractivity contribution in [3.05, 3.63) is 41.6 Å². The number of ether oxygens (including phenoxy) is 1. The number of rotatable bonds is 3. The molecule has 0 aliphatic rings. The fourth-order valence-corrected chi connectivity index (χ4v) is 2.48. The maximum Gasteiger partial charge on any atom is 0.233 e. The van der Waals surface area contributed by atoms with Gasteiger partial charge in [0.15, 0.2) is 0 Å². The molecule has 4 nitrogen and oxygen atoms in total. The minimum Gasteiger partial charge on any atom is -0.480 e. The summed E-state index contributed by atoms with van der Waals surface area (Å²) in [6.07, 6.45) is 0. The Hall–Kier alpha value is -2.36. The van der Waals surface area contributed by atoms with Crippen LogP contribution in [0.1, 0.15) is 31.0 Å². The molecule has 108 valence electrons. The summed E-state index contributed by atoms with van der Waals surface area (Å²) >= 11 is 0. The Kier molecular flexibility index (Phi) is 3.37. The first-order valence-corrected chi connectivity index (χ1v) is 7.10. The fraction of sp³-hybridized carbons (Fsp3) is 0.294. The zero-order chi connectivity index (χ0) is 15.0. The van der Waals surface area contributed by atoms with Crippen LogP contribution < -0.4 is 4.74 Å². The van der Waals surface area contributed by atoms with Gasteiger partial charge in [0.1, 0.15) is 0 Å². The van der Waals surface area contributed by atoms with Crippen molar-refractivity contribution in [1.29, 1.82) is 0 Å². The molecule has 0 saturated heterocycles. The second kappa shape index (κ2) is 5.20. The molecular weight excluding hydrogens is 262 g/mol. The van der Waals surface area contributed by atoms with E-state index in [4.69, 9.17) is 4.74 Å². The van der Waals surface area contributed by atoms with E-state index in [-0.39, 0.29) is 0 Å². The van der Waals surface area contributed by atoms with Crippen molar-refractivity contribution in [3.8, 4) is 17.1 Å². The van der Waals surface area contributed by atoms with Crippen molar-refractivity contribution >= 4 is 10.9 Å². The summed E-state index contributed by atoms with van der Waals surface area (Å²) < 4.78 is 5.06. The summed E-state index contributed by atoms with van der Waals surface area (Å²) in [5.41, 5.74) is 5.53. The van der Waals surface area contributed by atoms with Crippen molar-refractivity contribution < 1.29 is 4.74 Å². The number of nitrogens with one attached hydrogen (secondary N) is 1. The summed E-state index contributed by atoms with van der Waals surface area (Å²) in [4.78, 5) is 3.48. The second-order valence-corrected chi connectivity index (χ2v) is 5.59. The van der Waals surface area contributed by atoms with Crippen LogP contribution in [0.4, 0.5) is 0 Å². The maximum atomic E-state index is 5.06. The number of nitrogens with zero attached hydrogens (tertiary/aromatic N) is 2. The Morgan fingerprint density at radius 1 is 1.10 bits per heavy atom. The average molecular weight is 281 g/mol. The van der Waals surface area contributed by atoms with E-state index >= 15 is 0 Å². The van der Waals surface area contributed by atoms with E-state index in [1.165, 1.54) is 16.6 Å². The predicted molar refractivity (Wildman–Crippen MR) is 84.7 cm³/mol. The molecule has 1 aromatic carbocycles. The fourth-order valence-electron chi connectivity index (χ4n) is 2.48. The third-order valence-corrected chi connectivity index (χ3v) is 3.73. The van der Waals surface area contributed by atoms with Gasteiger partial charge in [0.25, 0.3) is 0 Å². The van der Waals surface area contributed by atoms with E-state index in [0.29, 0.717) is 11.8 Å². The zero-order valence-electron chi connectivity index (χ0n) is 12.8. The lowest BCUT2D eigenvalue weighted by atomic mass is 10.0. The van der Waals surface area contributed by atoms with E-state index in [9.17, 15) is 0 Å². The molecule has 3 aromatic rings. The minimum atomic E-state index is 0.488. The van der Waals surface area contributed by atoms with Gasteiger partial charge in [-0.2, -0.15) is 0 Å². The second-order valence-electron chi connectivity index (χ2n) is 5.59. The Morgan fingerprint density at radius 3 is 2.52 bits per heavy atom. The molecular formula is C17H19N3O. The van der Waals surface area contributed by atoms with Gasteiger partial charge in [-0.3, -0.25) is 0 Å². The van der Waals surface area contributed by atoms with Crippen molar-refractivity contribution in [3.63, 3.8) is 0 Å². The smallest absolute Gasteiger partial charge is 0.233 e. The van der Waals surface area contributed by atoms with Crippen LogP contribution in [0.5, 0.6) is 5.88 Å². The van der Waals surface area contributed by atoms with Crippen LogP contribution in [-0.4, -0.2) is 22.3 Å². The molecule has 0 spiro atoms. The van der Waals surface area contributed by atoms with Crippen LogP contribution in [0.3, 0.4) is 0 Å². The molecule has 1 N–H and O–H groups in total. The molecule has 3 rings (SSSR count). The molecule has 0 fully saturated rings. The Balaban J connectivity index is 2.10. The molecule has 4 heteroatoms. The van der Waals surface area contributed by atoms with Gasteiger partial charge >= 0.3 is 0 Å². The van der Waals surface area contributed by atoms with Crippen molar-refractivity contribution in [2.45, 2.75) is 26.7 Å². The maximum absolute atomic E-state index is 5.06. The molecule has 0 bridgehead atoms. The molecule has 0 radical (unpaired) electrons. The first-order chi connectivity index (χ1) is 10.1. The third-order valence-electron chi connectivity index (χ3n) is 3.73. The SMILES string of the molecule is COc1ccc(-c2cc3[nH]c(C(C)C)cc3cc2C)nn1. The summed E-state index contributed by atoms with van der Waals surface area (Å²) in [7, 11) is 1.59. The molecule has 21 heavy (non-hydrogen) atoms. The zero-order valence-corrected chi connectivity index (χ0v) is 12.8. The highest BCUT2D eigenvalue weighted by atomic mass is 16.5. The first-order valence-electron chi connectivity index (χ1n) is 7.10. The summed E-state index contributed by atoms with van der Waals surface area (Å²) in [6.45, 7) is 6.48. The highest BCUT2D eigenvalue weighted by Gasteiger charge is 2.10. The number of hydrogen-bond acceptors (Lipinski definition) is 3.